The van der Waals surface area contributed by atoms with Gasteiger partial charge in [-0.2, -0.15) is 4.31 Å². The summed E-state index contributed by atoms with van der Waals surface area (Å²) < 4.78 is 27.0. The molecular formula is C22H25N3O5S. The zero-order chi connectivity index (χ0) is 22.4. The van der Waals surface area contributed by atoms with Gasteiger partial charge in [-0.15, -0.1) is 0 Å². The van der Waals surface area contributed by atoms with E-state index in [-0.39, 0.29) is 61.6 Å². The first-order valence-corrected chi connectivity index (χ1v) is 11.5. The zero-order valence-corrected chi connectivity index (χ0v) is 18.1. The fourth-order valence-corrected chi connectivity index (χ4v) is 4.74. The van der Waals surface area contributed by atoms with E-state index in [1.807, 2.05) is 6.07 Å². The molecule has 1 aliphatic rings. The molecule has 1 N–H and O–H groups in total. The summed E-state index contributed by atoms with van der Waals surface area (Å²) in [6.45, 7) is 2.60. The summed E-state index contributed by atoms with van der Waals surface area (Å²) in [5.74, 6) is -0.493. The molecule has 2 aromatic carbocycles. The van der Waals surface area contributed by atoms with Crippen molar-refractivity contribution < 1.29 is 22.8 Å². The largest absolute Gasteiger partial charge is 0.352 e. The number of Topliss-reactive ketones (excluding diaryl/α,β-unsaturated/α-hetero) is 1. The van der Waals surface area contributed by atoms with Gasteiger partial charge in [-0.3, -0.25) is 14.4 Å². The van der Waals surface area contributed by atoms with Gasteiger partial charge in [-0.25, -0.2) is 8.42 Å². The van der Waals surface area contributed by atoms with Crippen molar-refractivity contribution in [1.82, 2.24) is 14.5 Å². The number of hydrogen-bond donors (Lipinski definition) is 1. The summed E-state index contributed by atoms with van der Waals surface area (Å²) in [6, 6.07) is 14.6. The number of carbonyl (C=O) groups excluding carboxylic acids is 3. The van der Waals surface area contributed by atoms with Gasteiger partial charge in [0.05, 0.1) is 4.90 Å². The third-order valence-corrected chi connectivity index (χ3v) is 7.06. The van der Waals surface area contributed by atoms with Gasteiger partial charge in [0.25, 0.3) is 5.91 Å². The van der Waals surface area contributed by atoms with Crippen LogP contribution < -0.4 is 5.32 Å². The molecule has 2 aromatic rings. The smallest absolute Gasteiger partial charge is 0.251 e. The Labute approximate surface area is 181 Å². The van der Waals surface area contributed by atoms with Gasteiger partial charge in [-0.1, -0.05) is 30.3 Å². The number of amides is 2. The van der Waals surface area contributed by atoms with Crippen molar-refractivity contribution in [2.24, 2.45) is 0 Å². The molecule has 0 aliphatic carbocycles. The highest BCUT2D eigenvalue weighted by Gasteiger charge is 2.30. The Hall–Kier alpha value is -3.04. The molecule has 8 nitrogen and oxygen atoms in total. The van der Waals surface area contributed by atoms with E-state index in [0.717, 1.165) is 0 Å². The molecule has 0 saturated carbocycles. The molecule has 0 unspecified atom stereocenters. The molecule has 0 aromatic heterocycles. The maximum atomic E-state index is 12.8. The van der Waals surface area contributed by atoms with Crippen molar-refractivity contribution in [1.29, 1.82) is 0 Å². The third-order valence-electron chi connectivity index (χ3n) is 5.15. The van der Waals surface area contributed by atoms with Crippen LogP contribution in [0.5, 0.6) is 0 Å². The highest BCUT2D eigenvalue weighted by molar-refractivity contribution is 7.89. The first-order chi connectivity index (χ1) is 14.8. The number of sulfonamides is 1. The summed E-state index contributed by atoms with van der Waals surface area (Å²) in [4.78, 5) is 37.5. The van der Waals surface area contributed by atoms with E-state index in [0.29, 0.717) is 11.1 Å². The van der Waals surface area contributed by atoms with Gasteiger partial charge >= 0.3 is 0 Å². The first-order valence-electron chi connectivity index (χ1n) is 10.0. The zero-order valence-electron chi connectivity index (χ0n) is 17.3. The van der Waals surface area contributed by atoms with E-state index in [2.05, 4.69) is 5.32 Å². The minimum atomic E-state index is -3.69. The number of hydrogen-bond acceptors (Lipinski definition) is 5. The van der Waals surface area contributed by atoms with Gasteiger partial charge in [0.1, 0.15) is 0 Å². The number of piperazine rings is 1. The average molecular weight is 444 g/mol. The Kier molecular flexibility index (Phi) is 7.19. The molecule has 0 spiro atoms. The molecule has 164 valence electrons. The molecule has 0 radical (unpaired) electrons. The highest BCUT2D eigenvalue weighted by Crippen LogP contribution is 2.19. The van der Waals surface area contributed by atoms with Crippen LogP contribution in [0.4, 0.5) is 0 Å². The van der Waals surface area contributed by atoms with Crippen LogP contribution in [0.1, 0.15) is 34.1 Å². The van der Waals surface area contributed by atoms with E-state index in [9.17, 15) is 22.8 Å². The average Bonchev–Trinajstić information content (AvgIpc) is 2.79. The standard InChI is InChI=1S/C22H25N3O5S/c1-17(26)18-7-9-20(10-8-18)31(29,30)25-15-13-24(14-16-25)21(27)11-12-23-22(28)19-5-3-2-4-6-19/h2-10H,11-16H2,1H3,(H,23,28). The maximum absolute atomic E-state index is 12.8. The predicted molar refractivity (Wildman–Crippen MR) is 115 cm³/mol. The lowest BCUT2D eigenvalue weighted by Gasteiger charge is -2.34. The van der Waals surface area contributed by atoms with Gasteiger partial charge in [0.15, 0.2) is 5.78 Å². The summed E-state index contributed by atoms with van der Waals surface area (Å²) in [6.07, 6.45) is 0.151. The second-order valence-corrected chi connectivity index (χ2v) is 9.18. The molecule has 1 saturated heterocycles. The van der Waals surface area contributed by atoms with Gasteiger partial charge in [0, 0.05) is 50.3 Å². The second kappa shape index (κ2) is 9.84. The van der Waals surface area contributed by atoms with Crippen LogP contribution in [-0.2, 0) is 14.8 Å². The van der Waals surface area contributed by atoms with Crippen LogP contribution in [0.25, 0.3) is 0 Å². The quantitative estimate of drug-likeness (QED) is 0.654. The molecule has 9 heteroatoms. The van der Waals surface area contributed by atoms with E-state index >= 15 is 0 Å². The van der Waals surface area contributed by atoms with Crippen molar-refractivity contribution in [2.45, 2.75) is 18.2 Å². The molecule has 1 fully saturated rings. The van der Waals surface area contributed by atoms with Crippen LogP contribution in [0.3, 0.4) is 0 Å². The third kappa shape index (κ3) is 5.56. The number of nitrogens with zero attached hydrogens (tertiary/aromatic N) is 2. The van der Waals surface area contributed by atoms with Crippen LogP contribution in [0.2, 0.25) is 0 Å². The molecule has 31 heavy (non-hydrogen) atoms. The minimum Gasteiger partial charge on any atom is -0.352 e. The van der Waals surface area contributed by atoms with Gasteiger partial charge < -0.3 is 10.2 Å². The fourth-order valence-electron chi connectivity index (χ4n) is 3.32. The van der Waals surface area contributed by atoms with Crippen molar-refractivity contribution in [3.8, 4) is 0 Å². The molecule has 0 bridgehead atoms. The van der Waals surface area contributed by atoms with Crippen LogP contribution in [0.15, 0.2) is 59.5 Å². The second-order valence-electron chi connectivity index (χ2n) is 7.24. The summed E-state index contributed by atoms with van der Waals surface area (Å²) in [7, 11) is -3.69. The van der Waals surface area contributed by atoms with Crippen molar-refractivity contribution >= 4 is 27.6 Å². The molecule has 1 aliphatic heterocycles. The van der Waals surface area contributed by atoms with E-state index in [1.54, 1.807) is 29.2 Å². The van der Waals surface area contributed by atoms with E-state index in [1.165, 1.54) is 35.5 Å². The number of rotatable bonds is 7. The highest BCUT2D eigenvalue weighted by atomic mass is 32.2. The molecule has 2 amide bonds. The number of ketones is 1. The lowest BCUT2D eigenvalue weighted by molar-refractivity contribution is -0.132. The van der Waals surface area contributed by atoms with E-state index in [4.69, 9.17) is 0 Å². The number of nitrogens with one attached hydrogen (secondary N) is 1. The summed E-state index contributed by atoms with van der Waals surface area (Å²) in [5.41, 5.74) is 0.985. The molecule has 1 heterocycles. The van der Waals surface area contributed by atoms with E-state index < -0.39 is 10.0 Å². The Morgan fingerprint density at radius 1 is 0.871 bits per heavy atom. The Balaban J connectivity index is 1.48. The van der Waals surface area contributed by atoms with Crippen LogP contribution in [0, 0.1) is 0 Å². The molecule has 3 rings (SSSR count). The normalized spacial score (nSPS) is 14.8. The number of benzene rings is 2. The van der Waals surface area contributed by atoms with Crippen molar-refractivity contribution in [2.75, 3.05) is 32.7 Å². The monoisotopic (exact) mass is 443 g/mol. The number of carbonyl (C=O) groups is 3. The Morgan fingerprint density at radius 2 is 1.48 bits per heavy atom. The summed E-state index contributed by atoms with van der Waals surface area (Å²) >= 11 is 0. The molecular weight excluding hydrogens is 418 g/mol. The van der Waals surface area contributed by atoms with Crippen LogP contribution >= 0.6 is 0 Å². The Bertz CT molecular complexity index is 1040. The van der Waals surface area contributed by atoms with Gasteiger partial charge in [-0.05, 0) is 31.2 Å². The first kappa shape index (κ1) is 22.6. The maximum Gasteiger partial charge on any atom is 0.251 e. The fraction of sp³-hybridized carbons (Fsp3) is 0.318. The van der Waals surface area contributed by atoms with Crippen LogP contribution in [-0.4, -0.2) is 67.9 Å². The van der Waals surface area contributed by atoms with Gasteiger partial charge in [0.2, 0.25) is 15.9 Å². The lowest BCUT2D eigenvalue weighted by Crippen LogP contribution is -2.50. The lowest BCUT2D eigenvalue weighted by atomic mass is 10.2. The van der Waals surface area contributed by atoms with Crippen molar-refractivity contribution in [3.05, 3.63) is 65.7 Å². The molecule has 0 atom stereocenters. The topological polar surface area (TPSA) is 104 Å². The minimum absolute atomic E-state index is 0.126. The predicted octanol–water partition coefficient (Wildman–Crippen LogP) is 1.54. The van der Waals surface area contributed by atoms with Crippen molar-refractivity contribution in [3.63, 3.8) is 0 Å². The summed E-state index contributed by atoms with van der Waals surface area (Å²) in [5, 5.41) is 2.72. The SMILES string of the molecule is CC(=O)c1ccc(S(=O)(=O)N2CCN(C(=O)CCNC(=O)c3ccccc3)CC2)cc1. The Morgan fingerprint density at radius 3 is 2.06 bits per heavy atom.